The van der Waals surface area contributed by atoms with E-state index in [1.165, 1.54) is 11.3 Å². The Labute approximate surface area is 112 Å². The number of hydrogen-bond acceptors (Lipinski definition) is 7. The molecule has 0 saturated heterocycles. The number of anilines is 1. The van der Waals surface area contributed by atoms with E-state index in [0.717, 1.165) is 0 Å². The van der Waals surface area contributed by atoms with Gasteiger partial charge in [-0.2, -0.15) is 4.98 Å². The van der Waals surface area contributed by atoms with Crippen LogP contribution in [0.4, 0.5) is 5.69 Å². The molecule has 0 unspecified atom stereocenters. The fourth-order valence-corrected chi connectivity index (χ4v) is 2.02. The van der Waals surface area contributed by atoms with E-state index in [0.29, 0.717) is 28.8 Å². The number of ether oxygens (including phenoxy) is 1. The van der Waals surface area contributed by atoms with Crippen molar-refractivity contribution in [2.24, 2.45) is 0 Å². The molecule has 2 aromatic heterocycles. The minimum absolute atomic E-state index is 0.172. The topological polar surface area (TPSA) is 87.1 Å². The number of nitrogen functional groups attached to an aromatic ring is 1. The molecule has 2 heterocycles. The van der Waals surface area contributed by atoms with Gasteiger partial charge in [0.25, 0.3) is 5.89 Å². The highest BCUT2D eigenvalue weighted by molar-refractivity contribution is 7.07. The summed E-state index contributed by atoms with van der Waals surface area (Å²) in [5, 5.41) is 5.69. The van der Waals surface area contributed by atoms with Crippen LogP contribution in [0, 0.1) is 0 Å². The second-order valence-electron chi connectivity index (χ2n) is 3.71. The molecule has 0 spiro atoms. The second-order valence-corrected chi connectivity index (χ2v) is 4.43. The fraction of sp³-hybridized carbons (Fsp3) is 0.0833. The number of rotatable bonds is 4. The third-order valence-electron chi connectivity index (χ3n) is 2.40. The van der Waals surface area contributed by atoms with Crippen molar-refractivity contribution < 1.29 is 9.26 Å². The molecule has 3 rings (SSSR count). The molecule has 0 amide bonds. The van der Waals surface area contributed by atoms with Crippen LogP contribution in [-0.4, -0.2) is 15.1 Å². The van der Waals surface area contributed by atoms with Crippen LogP contribution < -0.4 is 10.5 Å². The Morgan fingerprint density at radius 1 is 1.32 bits per heavy atom. The largest absolute Gasteiger partial charge is 0.482 e. The van der Waals surface area contributed by atoms with Crippen LogP contribution in [0.2, 0.25) is 0 Å². The van der Waals surface area contributed by atoms with Gasteiger partial charge in [-0.3, -0.25) is 0 Å². The first-order valence-electron chi connectivity index (χ1n) is 5.51. The van der Waals surface area contributed by atoms with Crippen molar-refractivity contribution in [3.05, 3.63) is 41.0 Å². The normalized spacial score (nSPS) is 10.5. The van der Waals surface area contributed by atoms with E-state index in [1.807, 2.05) is 17.5 Å². The zero-order chi connectivity index (χ0) is 13.1. The molecular weight excluding hydrogens is 264 g/mol. The lowest BCUT2D eigenvalue weighted by molar-refractivity contribution is 0.244. The number of nitrogens with zero attached hydrogens (tertiary/aromatic N) is 3. The van der Waals surface area contributed by atoms with Gasteiger partial charge in [0.05, 0.1) is 11.2 Å². The number of para-hydroxylation sites is 2. The van der Waals surface area contributed by atoms with Gasteiger partial charge in [-0.05, 0) is 12.1 Å². The highest BCUT2D eigenvalue weighted by atomic mass is 32.1. The Balaban J connectivity index is 1.70. The van der Waals surface area contributed by atoms with Crippen molar-refractivity contribution in [2.45, 2.75) is 6.61 Å². The zero-order valence-corrected chi connectivity index (χ0v) is 10.6. The van der Waals surface area contributed by atoms with Crippen LogP contribution in [0.1, 0.15) is 5.89 Å². The van der Waals surface area contributed by atoms with Crippen LogP contribution in [0.3, 0.4) is 0 Å². The Hall–Kier alpha value is -2.41. The summed E-state index contributed by atoms with van der Waals surface area (Å²) in [6.07, 6.45) is 0. The Morgan fingerprint density at radius 3 is 3.00 bits per heavy atom. The van der Waals surface area contributed by atoms with Crippen LogP contribution in [0.25, 0.3) is 11.5 Å². The Morgan fingerprint density at radius 2 is 2.21 bits per heavy atom. The minimum atomic E-state index is 0.172. The number of thiazole rings is 1. The van der Waals surface area contributed by atoms with E-state index in [2.05, 4.69) is 15.1 Å². The number of benzene rings is 1. The average Bonchev–Trinajstić information content (AvgIpc) is 3.09. The number of hydrogen-bond donors (Lipinski definition) is 1. The van der Waals surface area contributed by atoms with Crippen molar-refractivity contribution in [3.63, 3.8) is 0 Å². The Kier molecular flexibility index (Phi) is 3.11. The molecule has 96 valence electrons. The molecule has 0 aliphatic rings. The van der Waals surface area contributed by atoms with Gasteiger partial charge in [-0.15, -0.1) is 11.3 Å². The van der Waals surface area contributed by atoms with E-state index in [9.17, 15) is 0 Å². The molecule has 6 nitrogen and oxygen atoms in total. The second kappa shape index (κ2) is 5.07. The van der Waals surface area contributed by atoms with Gasteiger partial charge in [0.2, 0.25) is 5.82 Å². The predicted molar refractivity (Wildman–Crippen MR) is 70.6 cm³/mol. The van der Waals surface area contributed by atoms with Crippen molar-refractivity contribution in [2.75, 3.05) is 5.73 Å². The molecule has 0 aliphatic heterocycles. The predicted octanol–water partition coefficient (Wildman–Crippen LogP) is 2.35. The monoisotopic (exact) mass is 274 g/mol. The molecule has 0 atom stereocenters. The summed E-state index contributed by atoms with van der Waals surface area (Å²) < 4.78 is 10.6. The highest BCUT2D eigenvalue weighted by Gasteiger charge is 2.11. The van der Waals surface area contributed by atoms with Crippen LogP contribution in [0.5, 0.6) is 5.75 Å². The molecule has 19 heavy (non-hydrogen) atoms. The van der Waals surface area contributed by atoms with Gasteiger partial charge in [0.1, 0.15) is 11.4 Å². The van der Waals surface area contributed by atoms with Gasteiger partial charge >= 0.3 is 0 Å². The van der Waals surface area contributed by atoms with Crippen molar-refractivity contribution >= 4 is 17.0 Å². The summed E-state index contributed by atoms with van der Waals surface area (Å²) in [7, 11) is 0. The maximum atomic E-state index is 5.77. The van der Waals surface area contributed by atoms with Gasteiger partial charge in [0.15, 0.2) is 6.61 Å². The fourth-order valence-electron chi connectivity index (χ4n) is 1.49. The average molecular weight is 274 g/mol. The van der Waals surface area contributed by atoms with E-state index < -0.39 is 0 Å². The molecule has 3 aromatic rings. The van der Waals surface area contributed by atoms with E-state index in [-0.39, 0.29) is 6.61 Å². The SMILES string of the molecule is Nc1ccccc1OCc1nc(-c2cscn2)no1. The lowest BCUT2D eigenvalue weighted by Crippen LogP contribution is -1.98. The molecule has 0 bridgehead atoms. The molecule has 2 N–H and O–H groups in total. The van der Waals surface area contributed by atoms with Crippen LogP contribution >= 0.6 is 11.3 Å². The van der Waals surface area contributed by atoms with E-state index >= 15 is 0 Å². The highest BCUT2D eigenvalue weighted by Crippen LogP contribution is 2.21. The molecule has 0 radical (unpaired) electrons. The van der Waals surface area contributed by atoms with Crippen molar-refractivity contribution in [1.29, 1.82) is 0 Å². The molecule has 1 aromatic carbocycles. The molecular formula is C12H10N4O2S. The third-order valence-corrected chi connectivity index (χ3v) is 2.99. The summed E-state index contributed by atoms with van der Waals surface area (Å²) in [6, 6.07) is 7.24. The van der Waals surface area contributed by atoms with Crippen LogP contribution in [0.15, 0.2) is 39.7 Å². The molecule has 7 heteroatoms. The van der Waals surface area contributed by atoms with Crippen molar-refractivity contribution in [1.82, 2.24) is 15.1 Å². The first kappa shape index (κ1) is 11.7. The van der Waals surface area contributed by atoms with Gasteiger partial charge in [-0.25, -0.2) is 4.98 Å². The summed E-state index contributed by atoms with van der Waals surface area (Å²) in [6.45, 7) is 0.172. The standard InChI is InChI=1S/C12H10N4O2S/c13-8-3-1-2-4-10(8)17-5-11-15-12(16-18-11)9-6-19-7-14-9/h1-4,6-7H,5,13H2. The minimum Gasteiger partial charge on any atom is -0.482 e. The van der Waals surface area contributed by atoms with Gasteiger partial charge in [-0.1, -0.05) is 17.3 Å². The summed E-state index contributed by atoms with van der Waals surface area (Å²) in [5.74, 6) is 1.43. The van der Waals surface area contributed by atoms with Crippen molar-refractivity contribution in [3.8, 4) is 17.3 Å². The number of nitrogens with two attached hydrogens (primary N) is 1. The molecule has 0 aliphatic carbocycles. The maximum Gasteiger partial charge on any atom is 0.264 e. The summed E-state index contributed by atoms with van der Waals surface area (Å²) >= 11 is 1.48. The molecule has 0 fully saturated rings. The Bertz CT molecular complexity index is 666. The quantitative estimate of drug-likeness (QED) is 0.735. The zero-order valence-electron chi connectivity index (χ0n) is 9.81. The van der Waals surface area contributed by atoms with Crippen LogP contribution in [-0.2, 0) is 6.61 Å². The lowest BCUT2D eigenvalue weighted by atomic mass is 10.3. The van der Waals surface area contributed by atoms with Gasteiger partial charge in [0, 0.05) is 5.38 Å². The first-order valence-corrected chi connectivity index (χ1v) is 6.45. The lowest BCUT2D eigenvalue weighted by Gasteiger charge is -2.05. The smallest absolute Gasteiger partial charge is 0.264 e. The number of aromatic nitrogens is 3. The van der Waals surface area contributed by atoms with Gasteiger partial charge < -0.3 is 15.0 Å². The molecule has 0 saturated carbocycles. The first-order chi connectivity index (χ1) is 9.33. The third kappa shape index (κ3) is 2.55. The summed E-state index contributed by atoms with van der Waals surface area (Å²) in [4.78, 5) is 8.30. The maximum absolute atomic E-state index is 5.77. The summed E-state index contributed by atoms with van der Waals surface area (Å²) in [5.41, 5.74) is 8.75. The van der Waals surface area contributed by atoms with E-state index in [4.69, 9.17) is 15.0 Å². The van der Waals surface area contributed by atoms with E-state index in [1.54, 1.807) is 17.6 Å².